The van der Waals surface area contributed by atoms with Crippen LogP contribution in [0.3, 0.4) is 0 Å². The lowest BCUT2D eigenvalue weighted by Crippen LogP contribution is -2.48. The Hall–Kier alpha value is -0.610. The molecule has 0 aromatic rings. The Morgan fingerprint density at radius 2 is 2.36 bits per heavy atom. The maximum Gasteiger partial charge on any atom is 0.320 e. The van der Waals surface area contributed by atoms with E-state index in [1.54, 1.807) is 0 Å². The number of piperidine rings is 1. The van der Waals surface area contributed by atoms with Gasteiger partial charge in [-0.2, -0.15) is 0 Å². The van der Waals surface area contributed by atoms with E-state index in [1.807, 2.05) is 11.8 Å². The molecule has 0 saturated carbocycles. The molecule has 2 atom stereocenters. The van der Waals surface area contributed by atoms with Crippen molar-refractivity contribution < 1.29 is 15.0 Å². The van der Waals surface area contributed by atoms with E-state index in [9.17, 15) is 9.90 Å². The first-order chi connectivity index (χ1) is 6.65. The van der Waals surface area contributed by atoms with Gasteiger partial charge in [0.1, 0.15) is 6.04 Å². The van der Waals surface area contributed by atoms with Gasteiger partial charge in [-0.25, -0.2) is 0 Å². The number of carboxylic acids is 1. The first-order valence-corrected chi connectivity index (χ1v) is 5.30. The number of hydrogen-bond acceptors (Lipinski definition) is 3. The Balaban J connectivity index is 2.53. The van der Waals surface area contributed by atoms with Crippen LogP contribution in [0.4, 0.5) is 0 Å². The topological polar surface area (TPSA) is 60.8 Å². The number of nitrogens with zero attached hydrogens (tertiary/aromatic N) is 1. The van der Waals surface area contributed by atoms with Crippen molar-refractivity contribution in [1.82, 2.24) is 4.90 Å². The Labute approximate surface area is 84.5 Å². The van der Waals surface area contributed by atoms with Crippen LogP contribution in [0.2, 0.25) is 0 Å². The summed E-state index contributed by atoms with van der Waals surface area (Å²) in [5.74, 6) is -0.763. The average Bonchev–Trinajstić information content (AvgIpc) is 2.13. The predicted molar refractivity (Wildman–Crippen MR) is 53.1 cm³/mol. The number of aliphatic hydroxyl groups excluding tert-OH is 1. The van der Waals surface area contributed by atoms with Gasteiger partial charge in [0.05, 0.1) is 6.10 Å². The Kier molecular flexibility index (Phi) is 4.35. The molecule has 0 bridgehead atoms. The molecule has 0 radical (unpaired) electrons. The standard InChI is InChI=1S/C10H19NO3/c1-2-4-9(10(13)14)11-6-3-5-8(12)7-11/h8-9,12H,2-7H2,1H3,(H,13,14). The van der Waals surface area contributed by atoms with Gasteiger partial charge >= 0.3 is 5.97 Å². The minimum atomic E-state index is -0.763. The molecule has 1 saturated heterocycles. The summed E-state index contributed by atoms with van der Waals surface area (Å²) in [5.41, 5.74) is 0. The summed E-state index contributed by atoms with van der Waals surface area (Å²) >= 11 is 0. The normalized spacial score (nSPS) is 26.0. The third kappa shape index (κ3) is 2.96. The van der Waals surface area contributed by atoms with E-state index in [2.05, 4.69) is 0 Å². The molecule has 1 aliphatic rings. The summed E-state index contributed by atoms with van der Waals surface area (Å²) in [5, 5.41) is 18.5. The second kappa shape index (κ2) is 5.32. The zero-order valence-corrected chi connectivity index (χ0v) is 8.65. The molecule has 2 N–H and O–H groups in total. The number of carbonyl (C=O) groups is 1. The van der Waals surface area contributed by atoms with E-state index in [-0.39, 0.29) is 6.10 Å². The van der Waals surface area contributed by atoms with Gasteiger partial charge in [-0.1, -0.05) is 13.3 Å². The SMILES string of the molecule is CCCC(C(=O)O)N1CCCC(O)C1. The highest BCUT2D eigenvalue weighted by atomic mass is 16.4. The van der Waals surface area contributed by atoms with Crippen LogP contribution >= 0.6 is 0 Å². The zero-order chi connectivity index (χ0) is 10.6. The molecule has 1 rings (SSSR count). The lowest BCUT2D eigenvalue weighted by molar-refractivity contribution is -0.144. The van der Waals surface area contributed by atoms with Gasteiger partial charge in [0.25, 0.3) is 0 Å². The van der Waals surface area contributed by atoms with Gasteiger partial charge in [0.15, 0.2) is 0 Å². The Morgan fingerprint density at radius 1 is 1.64 bits per heavy atom. The van der Waals surface area contributed by atoms with Gasteiger partial charge in [-0.3, -0.25) is 9.69 Å². The fourth-order valence-electron chi connectivity index (χ4n) is 2.00. The van der Waals surface area contributed by atoms with Crippen molar-refractivity contribution in [2.75, 3.05) is 13.1 Å². The molecular formula is C10H19NO3. The van der Waals surface area contributed by atoms with Crippen LogP contribution in [0.1, 0.15) is 32.6 Å². The van der Waals surface area contributed by atoms with E-state index in [0.29, 0.717) is 13.0 Å². The van der Waals surface area contributed by atoms with Crippen molar-refractivity contribution in [3.63, 3.8) is 0 Å². The first kappa shape index (κ1) is 11.5. The van der Waals surface area contributed by atoms with E-state index in [0.717, 1.165) is 25.8 Å². The van der Waals surface area contributed by atoms with Gasteiger partial charge in [0, 0.05) is 6.54 Å². The minimum Gasteiger partial charge on any atom is -0.480 e. The average molecular weight is 201 g/mol. The maximum atomic E-state index is 11.0. The van der Waals surface area contributed by atoms with Crippen molar-refractivity contribution in [2.24, 2.45) is 0 Å². The number of β-amino-alcohol motifs (C(OH)–C–C–N with tert-alkyl or cyclic N) is 1. The lowest BCUT2D eigenvalue weighted by atomic mass is 10.0. The number of carboxylic acid groups (broad SMARTS) is 1. The number of likely N-dealkylation sites (tertiary alicyclic amines) is 1. The highest BCUT2D eigenvalue weighted by Crippen LogP contribution is 2.16. The molecule has 0 spiro atoms. The van der Waals surface area contributed by atoms with Crippen molar-refractivity contribution in [3.8, 4) is 0 Å². The number of aliphatic carboxylic acids is 1. The Bertz CT molecular complexity index is 196. The summed E-state index contributed by atoms with van der Waals surface area (Å²) in [6.45, 7) is 3.29. The van der Waals surface area contributed by atoms with E-state index >= 15 is 0 Å². The highest BCUT2D eigenvalue weighted by Gasteiger charge is 2.28. The summed E-state index contributed by atoms with van der Waals surface area (Å²) < 4.78 is 0. The highest BCUT2D eigenvalue weighted by molar-refractivity contribution is 5.73. The van der Waals surface area contributed by atoms with Crippen LogP contribution in [0.5, 0.6) is 0 Å². The van der Waals surface area contributed by atoms with Crippen LogP contribution in [0.15, 0.2) is 0 Å². The molecule has 0 aromatic heterocycles. The molecule has 0 amide bonds. The summed E-state index contributed by atoms with van der Waals surface area (Å²) in [6.07, 6.45) is 2.89. The van der Waals surface area contributed by atoms with Gasteiger partial charge in [0.2, 0.25) is 0 Å². The molecule has 1 fully saturated rings. The first-order valence-electron chi connectivity index (χ1n) is 5.30. The molecule has 1 aliphatic heterocycles. The predicted octanol–water partition coefficient (Wildman–Crippen LogP) is 0.696. The second-order valence-electron chi connectivity index (χ2n) is 3.93. The molecule has 4 nitrogen and oxygen atoms in total. The van der Waals surface area contributed by atoms with E-state index in [4.69, 9.17) is 5.11 Å². The fourth-order valence-corrected chi connectivity index (χ4v) is 2.00. The van der Waals surface area contributed by atoms with E-state index < -0.39 is 12.0 Å². The van der Waals surface area contributed by atoms with Crippen LogP contribution in [-0.4, -0.2) is 46.3 Å². The second-order valence-corrected chi connectivity index (χ2v) is 3.93. The molecule has 4 heteroatoms. The molecule has 0 aromatic carbocycles. The van der Waals surface area contributed by atoms with Crippen LogP contribution < -0.4 is 0 Å². The molecule has 2 unspecified atom stereocenters. The van der Waals surface area contributed by atoms with Gasteiger partial charge in [-0.15, -0.1) is 0 Å². The number of aliphatic hydroxyl groups is 1. The molecule has 82 valence electrons. The van der Waals surface area contributed by atoms with Crippen molar-refractivity contribution in [3.05, 3.63) is 0 Å². The van der Waals surface area contributed by atoms with Crippen LogP contribution in [0, 0.1) is 0 Å². The molecular weight excluding hydrogens is 182 g/mol. The van der Waals surface area contributed by atoms with Gasteiger partial charge in [-0.05, 0) is 25.8 Å². The summed E-state index contributed by atoms with van der Waals surface area (Å²) in [6, 6.07) is -0.407. The zero-order valence-electron chi connectivity index (χ0n) is 8.65. The summed E-state index contributed by atoms with van der Waals surface area (Å²) in [4.78, 5) is 12.9. The van der Waals surface area contributed by atoms with Crippen molar-refractivity contribution in [1.29, 1.82) is 0 Å². The fraction of sp³-hybridized carbons (Fsp3) is 0.900. The molecule has 1 heterocycles. The maximum absolute atomic E-state index is 11.0. The smallest absolute Gasteiger partial charge is 0.320 e. The van der Waals surface area contributed by atoms with Crippen molar-refractivity contribution >= 4 is 5.97 Å². The van der Waals surface area contributed by atoms with Gasteiger partial charge < -0.3 is 10.2 Å². The molecule has 14 heavy (non-hydrogen) atoms. The third-order valence-corrected chi connectivity index (χ3v) is 2.72. The number of rotatable bonds is 4. The van der Waals surface area contributed by atoms with Crippen molar-refractivity contribution in [2.45, 2.75) is 44.8 Å². The third-order valence-electron chi connectivity index (χ3n) is 2.72. The monoisotopic (exact) mass is 201 g/mol. The summed E-state index contributed by atoms with van der Waals surface area (Å²) in [7, 11) is 0. The quantitative estimate of drug-likeness (QED) is 0.702. The van der Waals surface area contributed by atoms with Crippen LogP contribution in [0.25, 0.3) is 0 Å². The lowest BCUT2D eigenvalue weighted by Gasteiger charge is -2.34. The largest absolute Gasteiger partial charge is 0.480 e. The van der Waals surface area contributed by atoms with E-state index in [1.165, 1.54) is 0 Å². The molecule has 0 aliphatic carbocycles. The number of hydrogen-bond donors (Lipinski definition) is 2. The Morgan fingerprint density at radius 3 is 2.86 bits per heavy atom. The minimum absolute atomic E-state index is 0.345. The van der Waals surface area contributed by atoms with Crippen LogP contribution in [-0.2, 0) is 4.79 Å².